The van der Waals surface area contributed by atoms with Gasteiger partial charge in [0.05, 0.1) is 16.0 Å². The third-order valence-corrected chi connectivity index (χ3v) is 4.38. The number of hydrogen-bond acceptors (Lipinski definition) is 5. The lowest BCUT2D eigenvalue weighted by atomic mass is 10.2. The van der Waals surface area contributed by atoms with Crippen molar-refractivity contribution in [3.8, 4) is 0 Å². The average molecular weight is 358 g/mol. The maximum absolute atomic E-state index is 11.0. The number of nitro benzene ring substituents is 1. The van der Waals surface area contributed by atoms with Crippen LogP contribution in [0.2, 0.25) is 0 Å². The first-order chi connectivity index (χ1) is 10.1. The van der Waals surface area contributed by atoms with E-state index in [1.807, 2.05) is 6.07 Å². The molecule has 7 heteroatoms. The Morgan fingerprint density at radius 2 is 1.95 bits per heavy atom. The maximum Gasteiger partial charge on any atom is 0.283 e. The molecule has 1 aromatic carbocycles. The number of β-amino-alcohol motifs (C(OH)–C–C–N with tert-alkyl or cyclic N) is 1. The van der Waals surface area contributed by atoms with E-state index in [0.29, 0.717) is 4.47 Å². The Morgan fingerprint density at radius 1 is 1.24 bits per heavy atom. The van der Waals surface area contributed by atoms with E-state index in [-0.39, 0.29) is 17.2 Å². The normalized spacial score (nSPS) is 17.6. The number of aliphatic hydroxyl groups is 1. The average Bonchev–Trinajstić information content (AvgIpc) is 2.67. The minimum atomic E-state index is -0.362. The summed E-state index contributed by atoms with van der Waals surface area (Å²) in [5.74, 6) is 0. The highest BCUT2D eigenvalue weighted by atomic mass is 79.9. The van der Waals surface area contributed by atoms with Gasteiger partial charge in [0, 0.05) is 32.2 Å². The molecule has 1 fully saturated rings. The van der Waals surface area contributed by atoms with Crippen molar-refractivity contribution in [3.05, 3.63) is 38.3 Å². The van der Waals surface area contributed by atoms with E-state index in [2.05, 4.69) is 25.7 Å². The molecule has 21 heavy (non-hydrogen) atoms. The summed E-state index contributed by atoms with van der Waals surface area (Å²) in [5.41, 5.74) is 1.07. The van der Waals surface area contributed by atoms with Gasteiger partial charge in [-0.05, 0) is 47.1 Å². The first kappa shape index (κ1) is 16.4. The Balaban J connectivity index is 1.98. The first-order valence-electron chi connectivity index (χ1n) is 7.08. The zero-order chi connectivity index (χ0) is 15.2. The molecule has 1 aliphatic rings. The predicted octanol–water partition coefficient (Wildman–Crippen LogP) is 1.86. The third-order valence-electron chi connectivity index (χ3n) is 3.71. The van der Waals surface area contributed by atoms with Crippen molar-refractivity contribution >= 4 is 21.6 Å². The van der Waals surface area contributed by atoms with E-state index >= 15 is 0 Å². The summed E-state index contributed by atoms with van der Waals surface area (Å²) in [6, 6.07) is 5.30. The van der Waals surface area contributed by atoms with Crippen LogP contribution in [0.15, 0.2) is 22.7 Å². The fourth-order valence-corrected chi connectivity index (χ4v) is 2.99. The van der Waals surface area contributed by atoms with Crippen LogP contribution < -0.4 is 0 Å². The van der Waals surface area contributed by atoms with Crippen LogP contribution in [0.1, 0.15) is 12.0 Å². The molecule has 1 aromatic rings. The summed E-state index contributed by atoms with van der Waals surface area (Å²) in [4.78, 5) is 15.2. The minimum Gasteiger partial charge on any atom is -0.395 e. The molecule has 0 saturated carbocycles. The first-order valence-corrected chi connectivity index (χ1v) is 7.88. The van der Waals surface area contributed by atoms with E-state index in [0.717, 1.165) is 51.3 Å². The highest BCUT2D eigenvalue weighted by Gasteiger charge is 2.17. The van der Waals surface area contributed by atoms with Gasteiger partial charge in [-0.1, -0.05) is 6.07 Å². The highest BCUT2D eigenvalue weighted by Crippen LogP contribution is 2.26. The second-order valence-corrected chi connectivity index (χ2v) is 6.09. The van der Waals surface area contributed by atoms with Crippen LogP contribution >= 0.6 is 15.9 Å². The Hall–Kier alpha value is -1.02. The summed E-state index contributed by atoms with van der Waals surface area (Å²) in [5, 5.41) is 20.0. The van der Waals surface area contributed by atoms with Crippen LogP contribution in [0.25, 0.3) is 0 Å². The lowest BCUT2D eigenvalue weighted by Crippen LogP contribution is -2.32. The molecule has 0 amide bonds. The van der Waals surface area contributed by atoms with Crippen molar-refractivity contribution in [2.75, 3.05) is 39.3 Å². The molecule has 0 spiro atoms. The second kappa shape index (κ2) is 7.84. The van der Waals surface area contributed by atoms with Crippen LogP contribution in [-0.2, 0) is 6.54 Å². The molecule has 1 saturated heterocycles. The van der Waals surface area contributed by atoms with Crippen molar-refractivity contribution in [2.24, 2.45) is 0 Å². The van der Waals surface area contributed by atoms with Crippen LogP contribution in [0, 0.1) is 10.1 Å². The third kappa shape index (κ3) is 4.74. The summed E-state index contributed by atoms with van der Waals surface area (Å²) in [6.07, 6.45) is 1.05. The van der Waals surface area contributed by atoms with Gasteiger partial charge in [0.25, 0.3) is 5.69 Å². The van der Waals surface area contributed by atoms with E-state index in [4.69, 9.17) is 5.11 Å². The van der Waals surface area contributed by atoms with Gasteiger partial charge in [-0.25, -0.2) is 0 Å². The zero-order valence-electron chi connectivity index (χ0n) is 11.9. The number of nitro groups is 1. The smallest absolute Gasteiger partial charge is 0.283 e. The van der Waals surface area contributed by atoms with E-state index < -0.39 is 0 Å². The largest absolute Gasteiger partial charge is 0.395 e. The van der Waals surface area contributed by atoms with Crippen LogP contribution in [0.5, 0.6) is 0 Å². The number of nitrogens with zero attached hydrogens (tertiary/aromatic N) is 3. The molecule has 2 rings (SSSR count). The Labute approximate surface area is 132 Å². The summed E-state index contributed by atoms with van der Waals surface area (Å²) in [7, 11) is 0. The lowest BCUT2D eigenvalue weighted by molar-refractivity contribution is -0.385. The maximum atomic E-state index is 11.0. The van der Waals surface area contributed by atoms with Gasteiger partial charge in [-0.3, -0.25) is 19.9 Å². The van der Waals surface area contributed by atoms with Gasteiger partial charge < -0.3 is 5.11 Å². The quantitative estimate of drug-likeness (QED) is 0.643. The van der Waals surface area contributed by atoms with E-state index in [9.17, 15) is 10.1 Å². The van der Waals surface area contributed by atoms with E-state index in [1.165, 1.54) is 0 Å². The molecule has 116 valence electrons. The molecule has 0 unspecified atom stereocenters. The van der Waals surface area contributed by atoms with Crippen LogP contribution in [-0.4, -0.2) is 59.2 Å². The lowest BCUT2D eigenvalue weighted by Gasteiger charge is -2.21. The number of halogens is 1. The number of benzene rings is 1. The fraction of sp³-hybridized carbons (Fsp3) is 0.571. The van der Waals surface area contributed by atoms with Crippen molar-refractivity contribution in [1.82, 2.24) is 9.80 Å². The van der Waals surface area contributed by atoms with Gasteiger partial charge in [-0.15, -0.1) is 0 Å². The van der Waals surface area contributed by atoms with Crippen molar-refractivity contribution in [1.29, 1.82) is 0 Å². The van der Waals surface area contributed by atoms with Crippen molar-refractivity contribution in [3.63, 3.8) is 0 Å². The minimum absolute atomic E-state index is 0.115. The number of aliphatic hydroxyl groups excluding tert-OH is 1. The Bertz CT molecular complexity index is 498. The predicted molar refractivity (Wildman–Crippen MR) is 84.2 cm³/mol. The topological polar surface area (TPSA) is 69.9 Å². The fourth-order valence-electron chi connectivity index (χ4n) is 2.60. The van der Waals surface area contributed by atoms with Gasteiger partial charge in [0.1, 0.15) is 0 Å². The van der Waals surface area contributed by atoms with Crippen LogP contribution in [0.3, 0.4) is 0 Å². The molecule has 0 atom stereocenters. The molecular formula is C14H20BrN3O3. The molecule has 1 N–H and O–H groups in total. The van der Waals surface area contributed by atoms with Crippen molar-refractivity contribution < 1.29 is 10.0 Å². The second-order valence-electron chi connectivity index (χ2n) is 5.24. The standard InChI is InChI=1S/C14H20BrN3O3/c15-13-3-2-12(10-14(13)18(20)21)11-17-5-1-4-16(6-7-17)8-9-19/h2-3,10,19H,1,4-9,11H2. The molecule has 0 aromatic heterocycles. The molecule has 6 nitrogen and oxygen atoms in total. The molecule has 0 bridgehead atoms. The van der Waals surface area contributed by atoms with Crippen LogP contribution in [0.4, 0.5) is 5.69 Å². The number of hydrogen-bond donors (Lipinski definition) is 1. The molecule has 1 aliphatic heterocycles. The SMILES string of the molecule is O=[N+]([O-])c1cc(CN2CCCN(CCO)CC2)ccc1Br. The van der Waals surface area contributed by atoms with Gasteiger partial charge in [0.15, 0.2) is 0 Å². The molecule has 0 radical (unpaired) electrons. The number of rotatable bonds is 5. The Morgan fingerprint density at radius 3 is 2.67 bits per heavy atom. The molecule has 1 heterocycles. The highest BCUT2D eigenvalue weighted by molar-refractivity contribution is 9.10. The van der Waals surface area contributed by atoms with Crippen molar-refractivity contribution in [2.45, 2.75) is 13.0 Å². The van der Waals surface area contributed by atoms with Gasteiger partial charge in [0.2, 0.25) is 0 Å². The monoisotopic (exact) mass is 357 g/mol. The van der Waals surface area contributed by atoms with E-state index in [1.54, 1.807) is 12.1 Å². The molecular weight excluding hydrogens is 338 g/mol. The van der Waals surface area contributed by atoms with Gasteiger partial charge >= 0.3 is 0 Å². The zero-order valence-corrected chi connectivity index (χ0v) is 13.5. The summed E-state index contributed by atoms with van der Waals surface area (Å²) in [6.45, 7) is 5.46. The summed E-state index contributed by atoms with van der Waals surface area (Å²) < 4.78 is 0.515. The summed E-state index contributed by atoms with van der Waals surface area (Å²) >= 11 is 3.21. The Kier molecular flexibility index (Phi) is 6.10. The van der Waals surface area contributed by atoms with Gasteiger partial charge in [-0.2, -0.15) is 0 Å². The molecule has 0 aliphatic carbocycles.